The topological polar surface area (TPSA) is 67.9 Å². The Balaban J connectivity index is 1.47. The SMILES string of the molecule is COc1ccccc1OCC(=O)N1CCCC(CNC(=O)c2ccc(F)cc2)C1. The number of carbonyl (C=O) groups is 2. The zero-order valence-electron chi connectivity index (χ0n) is 16.4. The molecule has 0 aromatic heterocycles. The van der Waals surface area contributed by atoms with Crippen LogP contribution in [0.2, 0.25) is 0 Å². The van der Waals surface area contributed by atoms with E-state index in [0.717, 1.165) is 12.8 Å². The van der Waals surface area contributed by atoms with Crippen LogP contribution in [0.1, 0.15) is 23.2 Å². The van der Waals surface area contributed by atoms with Crippen molar-refractivity contribution >= 4 is 11.8 Å². The summed E-state index contributed by atoms with van der Waals surface area (Å²) < 4.78 is 23.8. The fourth-order valence-electron chi connectivity index (χ4n) is 3.37. The van der Waals surface area contributed by atoms with E-state index in [2.05, 4.69) is 5.32 Å². The first kappa shape index (κ1) is 20.6. The molecule has 0 bridgehead atoms. The van der Waals surface area contributed by atoms with Crippen LogP contribution in [0.25, 0.3) is 0 Å². The molecular weight excluding hydrogens is 375 g/mol. The molecule has 1 aliphatic heterocycles. The van der Waals surface area contributed by atoms with Crippen molar-refractivity contribution in [2.24, 2.45) is 5.92 Å². The molecule has 1 atom stereocenters. The highest BCUT2D eigenvalue weighted by Gasteiger charge is 2.24. The minimum Gasteiger partial charge on any atom is -0.493 e. The van der Waals surface area contributed by atoms with Gasteiger partial charge in [-0.05, 0) is 55.2 Å². The number of halogens is 1. The molecule has 29 heavy (non-hydrogen) atoms. The second-order valence-corrected chi connectivity index (χ2v) is 7.00. The van der Waals surface area contributed by atoms with Gasteiger partial charge in [0, 0.05) is 25.2 Å². The van der Waals surface area contributed by atoms with Crippen molar-refractivity contribution < 1.29 is 23.5 Å². The maximum Gasteiger partial charge on any atom is 0.260 e. The van der Waals surface area contributed by atoms with Crippen molar-refractivity contribution in [2.75, 3.05) is 33.4 Å². The van der Waals surface area contributed by atoms with E-state index >= 15 is 0 Å². The highest BCUT2D eigenvalue weighted by molar-refractivity contribution is 5.94. The van der Waals surface area contributed by atoms with E-state index in [1.54, 1.807) is 24.1 Å². The first-order valence-electron chi connectivity index (χ1n) is 9.64. The molecule has 7 heteroatoms. The number of amides is 2. The number of methoxy groups -OCH3 is 1. The number of piperidine rings is 1. The van der Waals surface area contributed by atoms with Gasteiger partial charge < -0.3 is 19.7 Å². The normalized spacial score (nSPS) is 16.2. The van der Waals surface area contributed by atoms with Gasteiger partial charge in [-0.15, -0.1) is 0 Å². The van der Waals surface area contributed by atoms with Crippen LogP contribution < -0.4 is 14.8 Å². The highest BCUT2D eigenvalue weighted by atomic mass is 19.1. The van der Waals surface area contributed by atoms with Gasteiger partial charge in [0.1, 0.15) is 5.82 Å². The second kappa shape index (κ2) is 9.91. The van der Waals surface area contributed by atoms with Crippen LogP contribution >= 0.6 is 0 Å². The van der Waals surface area contributed by atoms with Crippen molar-refractivity contribution in [3.63, 3.8) is 0 Å². The Hall–Kier alpha value is -3.09. The van der Waals surface area contributed by atoms with Gasteiger partial charge in [-0.1, -0.05) is 12.1 Å². The number of carbonyl (C=O) groups excluding carboxylic acids is 2. The number of hydrogen-bond acceptors (Lipinski definition) is 4. The molecule has 0 spiro atoms. The molecule has 1 saturated heterocycles. The van der Waals surface area contributed by atoms with Gasteiger partial charge in [0.25, 0.3) is 11.8 Å². The molecule has 1 fully saturated rings. The maximum atomic E-state index is 13.0. The van der Waals surface area contributed by atoms with Crippen molar-refractivity contribution in [1.29, 1.82) is 0 Å². The summed E-state index contributed by atoms with van der Waals surface area (Å²) in [5, 5.41) is 2.87. The summed E-state index contributed by atoms with van der Waals surface area (Å²) in [7, 11) is 1.56. The number of benzene rings is 2. The molecule has 2 aromatic carbocycles. The Kier molecular flexibility index (Phi) is 7.05. The van der Waals surface area contributed by atoms with Crippen molar-refractivity contribution in [3.8, 4) is 11.5 Å². The quantitative estimate of drug-likeness (QED) is 0.776. The van der Waals surface area contributed by atoms with E-state index < -0.39 is 0 Å². The van der Waals surface area contributed by atoms with Crippen molar-refractivity contribution in [1.82, 2.24) is 10.2 Å². The summed E-state index contributed by atoms with van der Waals surface area (Å²) in [5.41, 5.74) is 0.417. The maximum absolute atomic E-state index is 13.0. The van der Waals surface area contributed by atoms with Crippen molar-refractivity contribution in [2.45, 2.75) is 12.8 Å². The summed E-state index contributed by atoms with van der Waals surface area (Å²) in [4.78, 5) is 26.5. The summed E-state index contributed by atoms with van der Waals surface area (Å²) in [6, 6.07) is 12.6. The lowest BCUT2D eigenvalue weighted by Crippen LogP contribution is -2.45. The van der Waals surface area contributed by atoms with Crippen LogP contribution in [-0.2, 0) is 4.79 Å². The molecule has 6 nitrogen and oxygen atoms in total. The third kappa shape index (κ3) is 5.70. The standard InChI is InChI=1S/C22H25FN2O4/c1-28-19-6-2-3-7-20(19)29-15-21(26)25-12-4-5-16(14-25)13-24-22(27)17-8-10-18(23)11-9-17/h2-3,6-11,16H,4-5,12-15H2,1H3,(H,24,27). The molecular formula is C22H25FN2O4. The lowest BCUT2D eigenvalue weighted by Gasteiger charge is -2.32. The van der Waals surface area contributed by atoms with Crippen LogP contribution in [0.5, 0.6) is 11.5 Å². The minimum absolute atomic E-state index is 0.0605. The number of nitrogens with zero attached hydrogens (tertiary/aromatic N) is 1. The van der Waals surface area contributed by atoms with Gasteiger partial charge in [-0.2, -0.15) is 0 Å². The smallest absolute Gasteiger partial charge is 0.260 e. The summed E-state index contributed by atoms with van der Waals surface area (Å²) >= 11 is 0. The van der Waals surface area contributed by atoms with Gasteiger partial charge in [-0.3, -0.25) is 9.59 Å². The van der Waals surface area contributed by atoms with E-state index in [4.69, 9.17) is 9.47 Å². The van der Waals surface area contributed by atoms with E-state index in [1.807, 2.05) is 12.1 Å². The fraction of sp³-hybridized carbons (Fsp3) is 0.364. The van der Waals surface area contributed by atoms with E-state index in [9.17, 15) is 14.0 Å². The van der Waals surface area contributed by atoms with Gasteiger partial charge in [0.2, 0.25) is 0 Å². The number of likely N-dealkylation sites (tertiary alicyclic amines) is 1. The Morgan fingerprint density at radius 2 is 1.86 bits per heavy atom. The zero-order chi connectivity index (χ0) is 20.6. The Labute approximate surface area is 169 Å². The summed E-state index contributed by atoms with van der Waals surface area (Å²) in [6.45, 7) is 1.65. The fourth-order valence-corrected chi connectivity index (χ4v) is 3.37. The summed E-state index contributed by atoms with van der Waals surface area (Å²) in [5.74, 6) is 0.573. The molecule has 2 aromatic rings. The van der Waals surface area contributed by atoms with Gasteiger partial charge in [-0.25, -0.2) is 4.39 Å². The number of ether oxygens (including phenoxy) is 2. The Morgan fingerprint density at radius 3 is 2.59 bits per heavy atom. The van der Waals surface area contributed by atoms with Gasteiger partial charge in [0.15, 0.2) is 18.1 Å². The third-order valence-corrected chi connectivity index (χ3v) is 4.95. The Bertz CT molecular complexity index is 841. The first-order chi connectivity index (χ1) is 14.1. The van der Waals surface area contributed by atoms with Crippen LogP contribution in [0.15, 0.2) is 48.5 Å². The van der Waals surface area contributed by atoms with E-state index in [1.165, 1.54) is 24.3 Å². The predicted octanol–water partition coefficient (Wildman–Crippen LogP) is 2.88. The van der Waals surface area contributed by atoms with Crippen LogP contribution in [-0.4, -0.2) is 50.1 Å². The number of para-hydroxylation sites is 2. The lowest BCUT2D eigenvalue weighted by atomic mass is 9.98. The van der Waals surface area contributed by atoms with Crippen LogP contribution in [0.4, 0.5) is 4.39 Å². The molecule has 2 amide bonds. The minimum atomic E-state index is -0.377. The molecule has 0 aliphatic carbocycles. The molecule has 1 aliphatic rings. The summed E-state index contributed by atoms with van der Waals surface area (Å²) in [6.07, 6.45) is 1.80. The second-order valence-electron chi connectivity index (χ2n) is 7.00. The third-order valence-electron chi connectivity index (χ3n) is 4.95. The largest absolute Gasteiger partial charge is 0.493 e. The van der Waals surface area contributed by atoms with Crippen LogP contribution in [0.3, 0.4) is 0 Å². The van der Waals surface area contributed by atoms with Gasteiger partial charge in [0.05, 0.1) is 7.11 Å². The molecule has 1 N–H and O–H groups in total. The van der Waals surface area contributed by atoms with Crippen LogP contribution in [0, 0.1) is 11.7 Å². The lowest BCUT2D eigenvalue weighted by molar-refractivity contribution is -0.135. The molecule has 1 heterocycles. The zero-order valence-corrected chi connectivity index (χ0v) is 16.4. The molecule has 3 rings (SSSR count). The average molecular weight is 400 g/mol. The van der Waals surface area contributed by atoms with Gasteiger partial charge >= 0.3 is 0 Å². The number of nitrogens with one attached hydrogen (secondary N) is 1. The Morgan fingerprint density at radius 1 is 1.14 bits per heavy atom. The first-order valence-corrected chi connectivity index (χ1v) is 9.64. The van der Waals surface area contributed by atoms with E-state index in [-0.39, 0.29) is 30.2 Å². The molecule has 0 radical (unpaired) electrons. The molecule has 0 saturated carbocycles. The monoisotopic (exact) mass is 400 g/mol. The van der Waals surface area contributed by atoms with E-state index in [0.29, 0.717) is 36.7 Å². The predicted molar refractivity (Wildman–Crippen MR) is 107 cm³/mol. The number of hydrogen-bond donors (Lipinski definition) is 1. The average Bonchev–Trinajstić information content (AvgIpc) is 2.76. The highest BCUT2D eigenvalue weighted by Crippen LogP contribution is 2.26. The molecule has 154 valence electrons. The van der Waals surface area contributed by atoms with Crippen molar-refractivity contribution in [3.05, 3.63) is 59.9 Å². The number of rotatable bonds is 7. The molecule has 1 unspecified atom stereocenters.